The maximum absolute atomic E-state index is 11.4. The average Bonchev–Trinajstić information content (AvgIpc) is 2.72. The molecule has 0 fully saturated rings. The molecule has 94 valence electrons. The highest BCUT2D eigenvalue weighted by molar-refractivity contribution is 6.35. The first kappa shape index (κ1) is 13.2. The van der Waals surface area contributed by atoms with Crippen molar-refractivity contribution in [2.45, 2.75) is 13.0 Å². The smallest absolute Gasteiger partial charge is 0.309 e. The van der Waals surface area contributed by atoms with Crippen LogP contribution >= 0.6 is 0 Å². The zero-order valence-electron chi connectivity index (χ0n) is 9.93. The Morgan fingerprint density at radius 2 is 2.24 bits per heavy atom. The Balaban J connectivity index is 2.48. The van der Waals surface area contributed by atoms with Crippen LogP contribution in [0.25, 0.3) is 0 Å². The van der Waals surface area contributed by atoms with Gasteiger partial charge in [-0.05, 0) is 6.92 Å². The molecule has 0 saturated heterocycles. The third-order valence-corrected chi connectivity index (χ3v) is 2.21. The van der Waals surface area contributed by atoms with E-state index in [1.54, 1.807) is 31.0 Å². The van der Waals surface area contributed by atoms with Gasteiger partial charge in [0.25, 0.3) is 0 Å². The number of aromatic nitrogens is 2. The Morgan fingerprint density at radius 3 is 2.76 bits per heavy atom. The molecule has 0 bridgehead atoms. The molecule has 7 heteroatoms. The van der Waals surface area contributed by atoms with Crippen LogP contribution in [0, 0.1) is 0 Å². The van der Waals surface area contributed by atoms with Crippen molar-refractivity contribution in [1.82, 2.24) is 20.4 Å². The number of carbonyl (C=O) groups excluding carboxylic acids is 2. The lowest BCUT2D eigenvalue weighted by molar-refractivity contribution is -0.139. The van der Waals surface area contributed by atoms with Crippen LogP contribution in [0.15, 0.2) is 12.4 Å². The SMILES string of the molecule is CC(NC(=O)C(=O)NCCN)c1cnn(C)c1. The number of aryl methyl sites for hydroxylation is 1. The van der Waals surface area contributed by atoms with E-state index in [9.17, 15) is 9.59 Å². The van der Waals surface area contributed by atoms with Gasteiger partial charge in [0, 0.05) is 31.9 Å². The second kappa shape index (κ2) is 6.00. The monoisotopic (exact) mass is 239 g/mol. The van der Waals surface area contributed by atoms with E-state index < -0.39 is 11.8 Å². The van der Waals surface area contributed by atoms with Crippen molar-refractivity contribution >= 4 is 11.8 Å². The van der Waals surface area contributed by atoms with E-state index in [-0.39, 0.29) is 12.6 Å². The molecule has 7 nitrogen and oxygen atoms in total. The molecule has 0 aliphatic heterocycles. The minimum Gasteiger partial charge on any atom is -0.347 e. The van der Waals surface area contributed by atoms with E-state index >= 15 is 0 Å². The van der Waals surface area contributed by atoms with Gasteiger partial charge in [0.2, 0.25) is 0 Å². The number of hydrogen-bond acceptors (Lipinski definition) is 4. The van der Waals surface area contributed by atoms with Crippen LogP contribution in [-0.4, -0.2) is 34.7 Å². The minimum absolute atomic E-state index is 0.264. The van der Waals surface area contributed by atoms with Crippen molar-refractivity contribution < 1.29 is 9.59 Å². The first-order valence-corrected chi connectivity index (χ1v) is 5.32. The highest BCUT2D eigenvalue weighted by Crippen LogP contribution is 2.09. The van der Waals surface area contributed by atoms with Crippen LogP contribution in [0.2, 0.25) is 0 Å². The molecule has 1 rings (SSSR count). The topological polar surface area (TPSA) is 102 Å². The molecule has 1 heterocycles. The first-order valence-electron chi connectivity index (χ1n) is 5.32. The lowest BCUT2D eigenvalue weighted by Gasteiger charge is -2.11. The van der Waals surface area contributed by atoms with E-state index in [1.807, 2.05) is 0 Å². The number of carbonyl (C=O) groups is 2. The first-order chi connectivity index (χ1) is 8.04. The van der Waals surface area contributed by atoms with Gasteiger partial charge < -0.3 is 16.4 Å². The minimum atomic E-state index is -0.675. The van der Waals surface area contributed by atoms with Crippen molar-refractivity contribution in [3.8, 4) is 0 Å². The van der Waals surface area contributed by atoms with E-state index in [0.717, 1.165) is 5.56 Å². The predicted octanol–water partition coefficient (Wildman–Crippen LogP) is -1.33. The number of hydrogen-bond donors (Lipinski definition) is 3. The highest BCUT2D eigenvalue weighted by atomic mass is 16.2. The fourth-order valence-electron chi connectivity index (χ4n) is 1.28. The van der Waals surface area contributed by atoms with Crippen molar-refractivity contribution in [3.63, 3.8) is 0 Å². The van der Waals surface area contributed by atoms with E-state index in [1.165, 1.54) is 0 Å². The molecular formula is C10H17N5O2. The molecule has 1 aromatic rings. The summed E-state index contributed by atoms with van der Waals surface area (Å²) in [5.74, 6) is -1.35. The van der Waals surface area contributed by atoms with Crippen LogP contribution in [0.3, 0.4) is 0 Å². The zero-order chi connectivity index (χ0) is 12.8. The molecule has 0 spiro atoms. The van der Waals surface area contributed by atoms with Crippen LogP contribution < -0.4 is 16.4 Å². The molecule has 0 aliphatic rings. The molecule has 1 atom stereocenters. The molecular weight excluding hydrogens is 222 g/mol. The van der Waals surface area contributed by atoms with Crippen molar-refractivity contribution in [2.24, 2.45) is 12.8 Å². The fourth-order valence-corrected chi connectivity index (χ4v) is 1.28. The molecule has 2 amide bonds. The van der Waals surface area contributed by atoms with E-state index in [0.29, 0.717) is 6.54 Å². The van der Waals surface area contributed by atoms with E-state index in [4.69, 9.17) is 5.73 Å². The summed E-state index contributed by atoms with van der Waals surface area (Å²) >= 11 is 0. The fraction of sp³-hybridized carbons (Fsp3) is 0.500. The Labute approximate surface area is 99.4 Å². The number of nitrogens with two attached hydrogens (primary N) is 1. The molecule has 17 heavy (non-hydrogen) atoms. The van der Waals surface area contributed by atoms with Crippen LogP contribution in [0.1, 0.15) is 18.5 Å². The standard InChI is InChI=1S/C10H17N5O2/c1-7(8-5-13-15(2)6-8)14-10(17)9(16)12-4-3-11/h5-7H,3-4,11H2,1-2H3,(H,12,16)(H,14,17). The number of nitrogens with zero attached hydrogens (tertiary/aromatic N) is 2. The normalized spacial score (nSPS) is 11.9. The summed E-state index contributed by atoms with van der Waals surface area (Å²) in [5.41, 5.74) is 6.05. The van der Waals surface area contributed by atoms with Gasteiger partial charge in [-0.2, -0.15) is 5.10 Å². The third-order valence-electron chi connectivity index (χ3n) is 2.21. The molecule has 0 aromatic carbocycles. The van der Waals surface area contributed by atoms with Crippen molar-refractivity contribution in [2.75, 3.05) is 13.1 Å². The van der Waals surface area contributed by atoms with Crippen LogP contribution in [-0.2, 0) is 16.6 Å². The number of rotatable bonds is 4. The van der Waals surface area contributed by atoms with Gasteiger partial charge in [-0.3, -0.25) is 14.3 Å². The summed E-state index contributed by atoms with van der Waals surface area (Å²) in [4.78, 5) is 22.7. The summed E-state index contributed by atoms with van der Waals surface area (Å²) < 4.78 is 1.63. The zero-order valence-corrected chi connectivity index (χ0v) is 9.93. The maximum Gasteiger partial charge on any atom is 0.309 e. The number of amides is 2. The van der Waals surface area contributed by atoms with Crippen molar-refractivity contribution in [3.05, 3.63) is 18.0 Å². The second-order valence-corrected chi connectivity index (χ2v) is 3.69. The predicted molar refractivity (Wildman–Crippen MR) is 61.8 cm³/mol. The van der Waals surface area contributed by atoms with Crippen molar-refractivity contribution in [1.29, 1.82) is 0 Å². The number of nitrogens with one attached hydrogen (secondary N) is 2. The molecule has 1 unspecified atom stereocenters. The lowest BCUT2D eigenvalue weighted by atomic mass is 10.2. The van der Waals surface area contributed by atoms with Crippen LogP contribution in [0.5, 0.6) is 0 Å². The second-order valence-electron chi connectivity index (χ2n) is 3.69. The molecule has 0 radical (unpaired) electrons. The largest absolute Gasteiger partial charge is 0.347 e. The Kier molecular flexibility index (Phi) is 4.65. The highest BCUT2D eigenvalue weighted by Gasteiger charge is 2.16. The quantitative estimate of drug-likeness (QED) is 0.567. The summed E-state index contributed by atoms with van der Waals surface area (Å²) in [6.45, 7) is 2.37. The maximum atomic E-state index is 11.4. The van der Waals surface area contributed by atoms with Gasteiger partial charge in [-0.25, -0.2) is 0 Å². The summed E-state index contributed by atoms with van der Waals surface area (Å²) in [5, 5.41) is 8.96. The van der Waals surface area contributed by atoms with Crippen LogP contribution in [0.4, 0.5) is 0 Å². The Morgan fingerprint density at radius 1 is 1.53 bits per heavy atom. The molecule has 4 N–H and O–H groups in total. The molecule has 0 aliphatic carbocycles. The van der Waals surface area contributed by atoms with Gasteiger partial charge in [-0.1, -0.05) is 0 Å². The Bertz CT molecular complexity index is 401. The van der Waals surface area contributed by atoms with Gasteiger partial charge >= 0.3 is 11.8 Å². The lowest BCUT2D eigenvalue weighted by Crippen LogP contribution is -2.42. The van der Waals surface area contributed by atoms with E-state index in [2.05, 4.69) is 15.7 Å². The molecule has 1 aromatic heterocycles. The van der Waals surface area contributed by atoms with Gasteiger partial charge in [0.15, 0.2) is 0 Å². The van der Waals surface area contributed by atoms with Gasteiger partial charge in [0.1, 0.15) is 0 Å². The average molecular weight is 239 g/mol. The molecule has 0 saturated carbocycles. The summed E-state index contributed by atoms with van der Waals surface area (Å²) in [7, 11) is 1.78. The van der Waals surface area contributed by atoms with Gasteiger partial charge in [0.05, 0.1) is 12.2 Å². The Hall–Kier alpha value is -1.89. The summed E-state index contributed by atoms with van der Waals surface area (Å²) in [6, 6.07) is -0.264. The summed E-state index contributed by atoms with van der Waals surface area (Å²) in [6.07, 6.45) is 3.42. The van der Waals surface area contributed by atoms with Gasteiger partial charge in [-0.15, -0.1) is 0 Å². The third kappa shape index (κ3) is 3.87.